The Morgan fingerprint density at radius 3 is 3.06 bits per heavy atom. The van der Waals surface area contributed by atoms with Crippen molar-refractivity contribution in [2.75, 3.05) is 18.1 Å². The molecule has 0 saturated carbocycles. The SMILES string of the molecule is CSC(C)CCNc1nc2c(C)cccn2n1. The molecule has 92 valence electrons. The summed E-state index contributed by atoms with van der Waals surface area (Å²) in [5, 5.41) is 8.32. The molecule has 2 rings (SSSR count). The van der Waals surface area contributed by atoms with E-state index in [2.05, 4.69) is 28.6 Å². The maximum atomic E-state index is 4.47. The van der Waals surface area contributed by atoms with E-state index in [1.54, 1.807) is 0 Å². The molecule has 1 N–H and O–H groups in total. The van der Waals surface area contributed by atoms with Gasteiger partial charge in [0.1, 0.15) is 0 Å². The number of pyridine rings is 1. The van der Waals surface area contributed by atoms with E-state index < -0.39 is 0 Å². The third kappa shape index (κ3) is 2.91. The zero-order chi connectivity index (χ0) is 12.3. The summed E-state index contributed by atoms with van der Waals surface area (Å²) < 4.78 is 1.82. The summed E-state index contributed by atoms with van der Waals surface area (Å²) in [4.78, 5) is 4.47. The van der Waals surface area contributed by atoms with Crippen LogP contribution in [0.5, 0.6) is 0 Å². The van der Waals surface area contributed by atoms with Gasteiger partial charge in [-0.15, -0.1) is 5.10 Å². The van der Waals surface area contributed by atoms with Gasteiger partial charge in [-0.1, -0.05) is 13.0 Å². The van der Waals surface area contributed by atoms with Crippen LogP contribution < -0.4 is 5.32 Å². The standard InChI is InChI=1S/C12H18N4S/c1-9-5-4-8-16-11(9)14-12(15-16)13-7-6-10(2)17-3/h4-5,8,10H,6-7H2,1-3H3,(H,13,15). The Hall–Kier alpha value is -1.23. The van der Waals surface area contributed by atoms with E-state index in [0.717, 1.165) is 24.2 Å². The maximum Gasteiger partial charge on any atom is 0.243 e. The van der Waals surface area contributed by atoms with Gasteiger partial charge in [-0.05, 0) is 31.2 Å². The summed E-state index contributed by atoms with van der Waals surface area (Å²) in [5.74, 6) is 0.715. The van der Waals surface area contributed by atoms with Gasteiger partial charge in [0.15, 0.2) is 5.65 Å². The summed E-state index contributed by atoms with van der Waals surface area (Å²) in [6.07, 6.45) is 5.18. The highest BCUT2D eigenvalue weighted by molar-refractivity contribution is 7.99. The van der Waals surface area contributed by atoms with Crippen LogP contribution in [0, 0.1) is 6.92 Å². The lowest BCUT2D eigenvalue weighted by molar-refractivity contribution is 0.841. The number of rotatable bonds is 5. The van der Waals surface area contributed by atoms with Crippen LogP contribution in [0.4, 0.5) is 5.95 Å². The first-order chi connectivity index (χ1) is 8.20. The van der Waals surface area contributed by atoms with Crippen molar-refractivity contribution in [2.45, 2.75) is 25.5 Å². The normalized spacial score (nSPS) is 12.9. The number of anilines is 1. The second-order valence-corrected chi connectivity index (χ2v) is 5.43. The average molecular weight is 250 g/mol. The van der Waals surface area contributed by atoms with Crippen LogP contribution in [0.2, 0.25) is 0 Å². The molecule has 2 aromatic rings. The maximum absolute atomic E-state index is 4.47. The van der Waals surface area contributed by atoms with Crippen LogP contribution in [0.15, 0.2) is 18.3 Å². The molecule has 0 saturated heterocycles. The zero-order valence-electron chi connectivity index (χ0n) is 10.5. The van der Waals surface area contributed by atoms with Gasteiger partial charge in [-0.2, -0.15) is 16.7 Å². The Kier molecular flexibility index (Phi) is 3.89. The Morgan fingerprint density at radius 1 is 1.53 bits per heavy atom. The Balaban J connectivity index is 2.02. The van der Waals surface area contributed by atoms with Crippen molar-refractivity contribution in [1.29, 1.82) is 0 Å². The van der Waals surface area contributed by atoms with Crippen molar-refractivity contribution in [1.82, 2.24) is 14.6 Å². The first-order valence-corrected chi connectivity index (χ1v) is 7.08. The van der Waals surface area contributed by atoms with Crippen LogP contribution in [0.25, 0.3) is 5.65 Å². The van der Waals surface area contributed by atoms with Gasteiger partial charge in [0.2, 0.25) is 5.95 Å². The van der Waals surface area contributed by atoms with Crippen molar-refractivity contribution in [3.05, 3.63) is 23.9 Å². The van der Waals surface area contributed by atoms with E-state index in [-0.39, 0.29) is 0 Å². The minimum atomic E-state index is 0.668. The second-order valence-electron chi connectivity index (χ2n) is 4.16. The minimum absolute atomic E-state index is 0.668. The summed E-state index contributed by atoms with van der Waals surface area (Å²) in [6.45, 7) is 5.19. The van der Waals surface area contributed by atoms with Crippen molar-refractivity contribution < 1.29 is 0 Å². The molecule has 0 fully saturated rings. The number of aromatic nitrogens is 3. The van der Waals surface area contributed by atoms with E-state index in [1.807, 2.05) is 41.5 Å². The zero-order valence-corrected chi connectivity index (χ0v) is 11.3. The summed E-state index contributed by atoms with van der Waals surface area (Å²) in [7, 11) is 0. The van der Waals surface area contributed by atoms with Crippen LogP contribution >= 0.6 is 11.8 Å². The van der Waals surface area contributed by atoms with Crippen LogP contribution in [-0.4, -0.2) is 32.6 Å². The third-order valence-electron chi connectivity index (χ3n) is 2.79. The van der Waals surface area contributed by atoms with E-state index >= 15 is 0 Å². The lowest BCUT2D eigenvalue weighted by Gasteiger charge is -2.07. The quantitative estimate of drug-likeness (QED) is 0.885. The van der Waals surface area contributed by atoms with Gasteiger partial charge in [0.05, 0.1) is 0 Å². The molecule has 4 nitrogen and oxygen atoms in total. The molecule has 2 heterocycles. The monoisotopic (exact) mass is 250 g/mol. The fourth-order valence-corrected chi connectivity index (χ4v) is 1.97. The molecular weight excluding hydrogens is 232 g/mol. The topological polar surface area (TPSA) is 42.2 Å². The molecule has 0 aliphatic heterocycles. The van der Waals surface area contributed by atoms with Crippen molar-refractivity contribution in [3.8, 4) is 0 Å². The molecule has 0 radical (unpaired) electrons. The number of nitrogens with one attached hydrogen (secondary N) is 1. The lowest BCUT2D eigenvalue weighted by atomic mass is 10.3. The number of aryl methyl sites for hydroxylation is 1. The summed E-state index contributed by atoms with van der Waals surface area (Å²) in [5.41, 5.74) is 2.07. The van der Waals surface area contributed by atoms with Crippen molar-refractivity contribution >= 4 is 23.4 Å². The molecule has 2 aromatic heterocycles. The molecule has 0 bridgehead atoms. The van der Waals surface area contributed by atoms with Crippen molar-refractivity contribution in [3.63, 3.8) is 0 Å². The summed E-state index contributed by atoms with van der Waals surface area (Å²) >= 11 is 1.88. The highest BCUT2D eigenvalue weighted by Crippen LogP contribution is 2.12. The number of thioether (sulfide) groups is 1. The Labute approximate surface area is 106 Å². The average Bonchev–Trinajstić information content (AvgIpc) is 2.73. The van der Waals surface area contributed by atoms with E-state index in [9.17, 15) is 0 Å². The smallest absolute Gasteiger partial charge is 0.243 e. The van der Waals surface area contributed by atoms with Crippen LogP contribution in [0.1, 0.15) is 18.9 Å². The minimum Gasteiger partial charge on any atom is -0.353 e. The number of hydrogen-bond acceptors (Lipinski definition) is 4. The molecule has 0 amide bonds. The van der Waals surface area contributed by atoms with Gasteiger partial charge >= 0.3 is 0 Å². The number of nitrogens with zero attached hydrogens (tertiary/aromatic N) is 3. The number of hydrogen-bond donors (Lipinski definition) is 1. The second kappa shape index (κ2) is 5.40. The predicted octanol–water partition coefficient (Wildman–Crippen LogP) is 2.59. The molecule has 17 heavy (non-hydrogen) atoms. The third-order valence-corrected chi connectivity index (χ3v) is 3.83. The largest absolute Gasteiger partial charge is 0.353 e. The van der Waals surface area contributed by atoms with E-state index in [4.69, 9.17) is 0 Å². The van der Waals surface area contributed by atoms with E-state index in [0.29, 0.717) is 11.2 Å². The van der Waals surface area contributed by atoms with Crippen LogP contribution in [-0.2, 0) is 0 Å². The van der Waals surface area contributed by atoms with E-state index in [1.165, 1.54) is 0 Å². The molecule has 0 aromatic carbocycles. The molecule has 1 atom stereocenters. The Bertz CT molecular complexity index is 494. The molecule has 1 unspecified atom stereocenters. The van der Waals surface area contributed by atoms with Gasteiger partial charge in [0.25, 0.3) is 0 Å². The fourth-order valence-electron chi connectivity index (χ4n) is 1.62. The van der Waals surface area contributed by atoms with Crippen molar-refractivity contribution in [2.24, 2.45) is 0 Å². The lowest BCUT2D eigenvalue weighted by Crippen LogP contribution is -2.08. The van der Waals surface area contributed by atoms with Crippen LogP contribution in [0.3, 0.4) is 0 Å². The predicted molar refractivity (Wildman–Crippen MR) is 73.8 cm³/mol. The number of fused-ring (bicyclic) bond motifs is 1. The molecule has 0 aliphatic carbocycles. The first kappa shape index (κ1) is 12.2. The molecular formula is C12H18N4S. The van der Waals surface area contributed by atoms with Gasteiger partial charge in [-0.3, -0.25) is 0 Å². The molecule has 0 spiro atoms. The highest BCUT2D eigenvalue weighted by atomic mass is 32.2. The molecule has 5 heteroatoms. The first-order valence-electron chi connectivity index (χ1n) is 5.79. The van der Waals surface area contributed by atoms with Gasteiger partial charge in [-0.25, -0.2) is 4.52 Å². The Morgan fingerprint density at radius 2 is 2.35 bits per heavy atom. The molecule has 0 aliphatic rings. The van der Waals surface area contributed by atoms with Gasteiger partial charge in [0, 0.05) is 18.0 Å². The van der Waals surface area contributed by atoms with Gasteiger partial charge < -0.3 is 5.32 Å². The highest BCUT2D eigenvalue weighted by Gasteiger charge is 2.05. The summed E-state index contributed by atoms with van der Waals surface area (Å²) in [6, 6.07) is 4.03. The fraction of sp³-hybridized carbons (Fsp3) is 0.500.